The number of aromatic nitrogens is 2. The van der Waals surface area contributed by atoms with Gasteiger partial charge in [0.15, 0.2) is 0 Å². The second-order valence-electron chi connectivity index (χ2n) is 5.94. The zero-order valence-corrected chi connectivity index (χ0v) is 15.1. The Hall–Kier alpha value is -1.98. The highest BCUT2D eigenvalue weighted by molar-refractivity contribution is 7.80. The van der Waals surface area contributed by atoms with Crippen LogP contribution in [0.1, 0.15) is 11.1 Å². The van der Waals surface area contributed by atoms with E-state index in [1.807, 2.05) is 33.4 Å². The van der Waals surface area contributed by atoms with Gasteiger partial charge in [0.25, 0.3) is 0 Å². The molecule has 0 amide bonds. The van der Waals surface area contributed by atoms with E-state index in [1.54, 1.807) is 11.3 Å². The predicted octanol–water partition coefficient (Wildman–Crippen LogP) is 4.30. The van der Waals surface area contributed by atoms with Gasteiger partial charge in [-0.15, -0.1) is 11.3 Å². The van der Waals surface area contributed by atoms with Crippen LogP contribution in [0, 0.1) is 6.92 Å². The van der Waals surface area contributed by atoms with Crippen molar-refractivity contribution in [1.29, 1.82) is 0 Å². The second-order valence-corrected chi connectivity index (χ2v) is 7.30. The Labute approximate surface area is 149 Å². The van der Waals surface area contributed by atoms with Gasteiger partial charge in [0, 0.05) is 22.4 Å². The molecule has 4 aromatic rings. The van der Waals surface area contributed by atoms with E-state index in [4.69, 9.17) is 0 Å². The number of hydrogen-bond acceptors (Lipinski definition) is 3. The molecule has 24 heavy (non-hydrogen) atoms. The van der Waals surface area contributed by atoms with Crippen LogP contribution >= 0.6 is 24.0 Å². The van der Waals surface area contributed by atoms with Crippen LogP contribution in [0.5, 0.6) is 0 Å². The van der Waals surface area contributed by atoms with Gasteiger partial charge in [0.05, 0.1) is 17.6 Å². The van der Waals surface area contributed by atoms with Gasteiger partial charge in [-0.2, -0.15) is 12.6 Å². The normalized spacial score (nSPS) is 11.6. The lowest BCUT2D eigenvalue weighted by atomic mass is 10.1. The third-order valence-electron chi connectivity index (χ3n) is 4.46. The first-order chi connectivity index (χ1) is 11.7. The molecule has 2 aromatic heterocycles. The molecule has 0 aliphatic heterocycles. The topological polar surface area (TPSA) is 26.9 Å². The minimum atomic E-state index is 0.0400. The maximum Gasteiger partial charge on any atom is 0.329 e. The van der Waals surface area contributed by atoms with Crippen LogP contribution in [0.2, 0.25) is 0 Å². The fraction of sp³-hybridized carbons (Fsp3) is 0.211. The van der Waals surface area contributed by atoms with Crippen molar-refractivity contribution in [3.8, 4) is 0 Å². The third-order valence-corrected chi connectivity index (χ3v) is 5.66. The van der Waals surface area contributed by atoms with Gasteiger partial charge in [-0.05, 0) is 41.6 Å². The van der Waals surface area contributed by atoms with E-state index in [0.29, 0.717) is 18.8 Å². The summed E-state index contributed by atoms with van der Waals surface area (Å²) in [7, 11) is 0. The maximum atomic E-state index is 12.9. The van der Waals surface area contributed by atoms with E-state index in [9.17, 15) is 4.79 Å². The summed E-state index contributed by atoms with van der Waals surface area (Å²) >= 11 is 6.04. The lowest BCUT2D eigenvalue weighted by Crippen LogP contribution is -2.25. The van der Waals surface area contributed by atoms with E-state index in [2.05, 4.69) is 43.1 Å². The predicted molar refractivity (Wildman–Crippen MR) is 106 cm³/mol. The fourth-order valence-corrected chi connectivity index (χ4v) is 4.60. The second kappa shape index (κ2) is 6.15. The Bertz CT molecular complexity index is 1090. The van der Waals surface area contributed by atoms with E-state index in [1.165, 1.54) is 21.2 Å². The SMILES string of the molecule is Cc1cccc2scc(Cn3c(=O)n(CCS)c4ccccc43)c12. The highest BCUT2D eigenvalue weighted by atomic mass is 32.1. The average molecular weight is 355 g/mol. The van der Waals surface area contributed by atoms with Crippen LogP contribution in [-0.2, 0) is 13.1 Å². The molecule has 0 N–H and O–H groups in total. The number of rotatable bonds is 4. The number of fused-ring (bicyclic) bond motifs is 2. The molecule has 0 spiro atoms. The summed E-state index contributed by atoms with van der Waals surface area (Å²) in [6.07, 6.45) is 0. The molecule has 0 saturated carbocycles. The number of para-hydroxylation sites is 2. The highest BCUT2D eigenvalue weighted by Gasteiger charge is 2.14. The van der Waals surface area contributed by atoms with Crippen LogP contribution in [0.4, 0.5) is 0 Å². The molecule has 0 fully saturated rings. The van der Waals surface area contributed by atoms with Crippen molar-refractivity contribution < 1.29 is 0 Å². The largest absolute Gasteiger partial charge is 0.329 e. The standard InChI is InChI=1S/C19H18N2OS2/c1-13-5-4-8-17-18(13)14(12-24-17)11-21-16-7-3-2-6-15(16)20(9-10-23)19(21)22/h2-8,12,23H,9-11H2,1H3. The summed E-state index contributed by atoms with van der Waals surface area (Å²) in [5.74, 6) is 0.647. The fourth-order valence-electron chi connectivity index (χ4n) is 3.37. The summed E-state index contributed by atoms with van der Waals surface area (Å²) in [5, 5.41) is 3.45. The number of imidazole rings is 1. The lowest BCUT2D eigenvalue weighted by molar-refractivity contribution is 0.691. The van der Waals surface area contributed by atoms with Crippen molar-refractivity contribution in [3.05, 3.63) is 69.5 Å². The molecule has 4 rings (SSSR count). The molecule has 2 heterocycles. The van der Waals surface area contributed by atoms with Crippen molar-refractivity contribution in [3.63, 3.8) is 0 Å². The average Bonchev–Trinajstić information content (AvgIpc) is 3.11. The molecule has 0 atom stereocenters. The summed E-state index contributed by atoms with van der Waals surface area (Å²) in [4.78, 5) is 12.9. The van der Waals surface area contributed by atoms with E-state index >= 15 is 0 Å². The molecule has 0 aliphatic rings. The molecule has 122 valence electrons. The lowest BCUT2D eigenvalue weighted by Gasteiger charge is -2.04. The number of benzene rings is 2. The summed E-state index contributed by atoms with van der Waals surface area (Å²) in [6, 6.07) is 14.4. The minimum absolute atomic E-state index is 0.0400. The molecule has 3 nitrogen and oxygen atoms in total. The van der Waals surface area contributed by atoms with E-state index in [0.717, 1.165) is 11.0 Å². The number of thiophene rings is 1. The first kappa shape index (κ1) is 15.5. The number of hydrogen-bond donors (Lipinski definition) is 1. The Morgan fingerprint density at radius 1 is 1.04 bits per heavy atom. The quantitative estimate of drug-likeness (QED) is 0.543. The maximum absolute atomic E-state index is 12.9. The van der Waals surface area contributed by atoms with Gasteiger partial charge in [-0.3, -0.25) is 9.13 Å². The first-order valence-electron chi connectivity index (χ1n) is 7.95. The van der Waals surface area contributed by atoms with Gasteiger partial charge in [-0.1, -0.05) is 24.3 Å². The Balaban J connectivity index is 1.91. The molecule has 0 unspecified atom stereocenters. The monoisotopic (exact) mass is 354 g/mol. The van der Waals surface area contributed by atoms with Gasteiger partial charge < -0.3 is 0 Å². The van der Waals surface area contributed by atoms with Gasteiger partial charge in [0.2, 0.25) is 0 Å². The molecule has 5 heteroatoms. The molecular formula is C19H18N2OS2. The van der Waals surface area contributed by atoms with Gasteiger partial charge in [-0.25, -0.2) is 4.79 Å². The van der Waals surface area contributed by atoms with Crippen molar-refractivity contribution in [2.45, 2.75) is 20.0 Å². The molecular weight excluding hydrogens is 336 g/mol. The van der Waals surface area contributed by atoms with Crippen LogP contribution in [0.15, 0.2) is 52.6 Å². The first-order valence-corrected chi connectivity index (χ1v) is 9.46. The van der Waals surface area contributed by atoms with Crippen molar-refractivity contribution in [2.75, 3.05) is 5.75 Å². The van der Waals surface area contributed by atoms with Crippen LogP contribution in [0.25, 0.3) is 21.1 Å². The van der Waals surface area contributed by atoms with E-state index in [-0.39, 0.29) is 5.69 Å². The number of aryl methyl sites for hydroxylation is 2. The van der Waals surface area contributed by atoms with Gasteiger partial charge in [0.1, 0.15) is 0 Å². The molecule has 0 saturated heterocycles. The van der Waals surface area contributed by atoms with Crippen LogP contribution in [-0.4, -0.2) is 14.9 Å². The summed E-state index contributed by atoms with van der Waals surface area (Å²) < 4.78 is 4.98. The summed E-state index contributed by atoms with van der Waals surface area (Å²) in [5.41, 5.74) is 4.48. The van der Waals surface area contributed by atoms with Crippen molar-refractivity contribution in [2.24, 2.45) is 0 Å². The zero-order chi connectivity index (χ0) is 16.7. The third kappa shape index (κ3) is 2.39. The van der Waals surface area contributed by atoms with Gasteiger partial charge >= 0.3 is 5.69 Å². The van der Waals surface area contributed by atoms with Crippen LogP contribution < -0.4 is 5.69 Å². The summed E-state index contributed by atoms with van der Waals surface area (Å²) in [6.45, 7) is 3.36. The number of nitrogens with zero attached hydrogens (tertiary/aromatic N) is 2. The van der Waals surface area contributed by atoms with Crippen molar-refractivity contribution in [1.82, 2.24) is 9.13 Å². The molecule has 0 aliphatic carbocycles. The highest BCUT2D eigenvalue weighted by Crippen LogP contribution is 2.29. The molecule has 0 radical (unpaired) electrons. The van der Waals surface area contributed by atoms with Crippen molar-refractivity contribution >= 4 is 45.1 Å². The Morgan fingerprint density at radius 3 is 2.54 bits per heavy atom. The number of thiol groups is 1. The Morgan fingerprint density at radius 2 is 1.79 bits per heavy atom. The minimum Gasteiger partial charge on any atom is -0.291 e. The Kier molecular flexibility index (Phi) is 3.98. The zero-order valence-electron chi connectivity index (χ0n) is 13.4. The smallest absolute Gasteiger partial charge is 0.291 e. The molecule has 2 aromatic carbocycles. The van der Waals surface area contributed by atoms with Crippen LogP contribution in [0.3, 0.4) is 0 Å². The molecule has 0 bridgehead atoms. The van der Waals surface area contributed by atoms with E-state index < -0.39 is 0 Å².